The molecule has 3 aromatic rings. The minimum Gasteiger partial charge on any atom is -0.493 e. The molecule has 1 heterocycles. The minimum absolute atomic E-state index is 0.254. The van der Waals surface area contributed by atoms with Gasteiger partial charge in [-0.05, 0) is 53.7 Å². The van der Waals surface area contributed by atoms with Crippen LogP contribution in [0.5, 0.6) is 11.5 Å². The average molecular weight is 477 g/mol. The second-order valence-corrected chi connectivity index (χ2v) is 8.68. The van der Waals surface area contributed by atoms with Crippen LogP contribution >= 0.6 is 24.0 Å². The number of hydrazine groups is 1. The first-order valence-electron chi connectivity index (χ1n) is 10.0. The molecule has 0 saturated carbocycles. The molecule has 33 heavy (non-hydrogen) atoms. The third-order valence-corrected chi connectivity index (χ3v) is 6.07. The molecule has 8 heteroatoms. The fourth-order valence-electron chi connectivity index (χ4n) is 3.10. The van der Waals surface area contributed by atoms with E-state index in [9.17, 15) is 9.59 Å². The SMILES string of the molecule is COc1ccc(/C=C2\SC(=S)N(NC(=O)c3ccccc3)C2=O)cc1OCc1ccccc1. The molecule has 0 bridgehead atoms. The van der Waals surface area contributed by atoms with Crippen molar-refractivity contribution in [2.45, 2.75) is 6.61 Å². The second-order valence-electron chi connectivity index (χ2n) is 7.01. The highest BCUT2D eigenvalue weighted by Gasteiger charge is 2.33. The van der Waals surface area contributed by atoms with Gasteiger partial charge in [0.2, 0.25) is 0 Å². The van der Waals surface area contributed by atoms with Crippen LogP contribution in [0.3, 0.4) is 0 Å². The summed E-state index contributed by atoms with van der Waals surface area (Å²) in [5, 5.41) is 1.09. The Kier molecular flexibility index (Phi) is 7.07. The largest absolute Gasteiger partial charge is 0.493 e. The number of thiocarbonyl (C=S) groups is 1. The molecule has 0 unspecified atom stereocenters. The van der Waals surface area contributed by atoms with Gasteiger partial charge in [0.25, 0.3) is 11.8 Å². The number of carbonyl (C=O) groups excluding carboxylic acids is 2. The minimum atomic E-state index is -0.408. The number of thioether (sulfide) groups is 1. The molecule has 1 fully saturated rings. The summed E-state index contributed by atoms with van der Waals surface area (Å²) in [6.07, 6.45) is 1.71. The van der Waals surface area contributed by atoms with Crippen LogP contribution in [0, 0.1) is 0 Å². The van der Waals surface area contributed by atoms with Gasteiger partial charge >= 0.3 is 0 Å². The number of benzene rings is 3. The van der Waals surface area contributed by atoms with E-state index < -0.39 is 11.8 Å². The van der Waals surface area contributed by atoms with Crippen LogP contribution in [0.2, 0.25) is 0 Å². The molecule has 6 nitrogen and oxygen atoms in total. The summed E-state index contributed by atoms with van der Waals surface area (Å²) in [6.45, 7) is 0.383. The number of amides is 2. The number of hydrogen-bond acceptors (Lipinski definition) is 6. The van der Waals surface area contributed by atoms with Gasteiger partial charge in [-0.1, -0.05) is 66.4 Å². The van der Waals surface area contributed by atoms with E-state index in [0.717, 1.165) is 27.9 Å². The van der Waals surface area contributed by atoms with Crippen molar-refractivity contribution >= 4 is 46.2 Å². The summed E-state index contributed by atoms with van der Waals surface area (Å²) in [6, 6.07) is 23.8. The maximum Gasteiger partial charge on any atom is 0.285 e. The Labute approximate surface area is 201 Å². The maximum atomic E-state index is 12.9. The molecule has 0 atom stereocenters. The molecule has 1 aliphatic rings. The van der Waals surface area contributed by atoms with Crippen molar-refractivity contribution in [3.8, 4) is 11.5 Å². The van der Waals surface area contributed by atoms with E-state index in [1.54, 1.807) is 49.6 Å². The average Bonchev–Trinajstić information content (AvgIpc) is 3.11. The lowest BCUT2D eigenvalue weighted by Crippen LogP contribution is -2.44. The number of carbonyl (C=O) groups is 2. The van der Waals surface area contributed by atoms with E-state index in [4.69, 9.17) is 21.7 Å². The Hall–Kier alpha value is -3.62. The third-order valence-electron chi connectivity index (χ3n) is 4.77. The lowest BCUT2D eigenvalue weighted by atomic mass is 10.2. The summed E-state index contributed by atoms with van der Waals surface area (Å²) in [7, 11) is 1.57. The van der Waals surface area contributed by atoms with E-state index in [0.29, 0.717) is 28.6 Å². The summed E-state index contributed by atoms with van der Waals surface area (Å²) in [5.41, 5.74) is 4.78. The molecule has 0 radical (unpaired) electrons. The van der Waals surface area contributed by atoms with Gasteiger partial charge < -0.3 is 9.47 Å². The highest BCUT2D eigenvalue weighted by atomic mass is 32.2. The Bertz CT molecular complexity index is 1210. The molecular formula is C25H20N2O4S2. The highest BCUT2D eigenvalue weighted by molar-refractivity contribution is 8.26. The number of nitrogens with zero attached hydrogens (tertiary/aromatic N) is 1. The molecule has 1 aliphatic heterocycles. The van der Waals surface area contributed by atoms with E-state index >= 15 is 0 Å². The van der Waals surface area contributed by atoms with Crippen molar-refractivity contribution in [2.24, 2.45) is 0 Å². The number of hydrogen-bond donors (Lipinski definition) is 1. The van der Waals surface area contributed by atoms with Gasteiger partial charge in [0.15, 0.2) is 15.8 Å². The predicted molar refractivity (Wildman–Crippen MR) is 133 cm³/mol. The van der Waals surface area contributed by atoms with E-state index in [1.165, 1.54) is 0 Å². The van der Waals surface area contributed by atoms with Crippen molar-refractivity contribution in [1.82, 2.24) is 10.4 Å². The van der Waals surface area contributed by atoms with E-state index in [-0.39, 0.29) is 4.32 Å². The van der Waals surface area contributed by atoms with Crippen molar-refractivity contribution < 1.29 is 19.1 Å². The molecule has 3 aromatic carbocycles. The fraction of sp³-hybridized carbons (Fsp3) is 0.0800. The number of ether oxygens (including phenoxy) is 2. The lowest BCUT2D eigenvalue weighted by Gasteiger charge is -2.15. The van der Waals surface area contributed by atoms with Gasteiger partial charge in [-0.3, -0.25) is 15.0 Å². The predicted octanol–water partition coefficient (Wildman–Crippen LogP) is 4.82. The Balaban J connectivity index is 1.50. The molecule has 4 rings (SSSR count). The molecule has 0 aliphatic carbocycles. The highest BCUT2D eigenvalue weighted by Crippen LogP contribution is 2.34. The summed E-state index contributed by atoms with van der Waals surface area (Å²) in [4.78, 5) is 25.7. The molecule has 1 saturated heterocycles. The zero-order valence-corrected chi connectivity index (χ0v) is 19.3. The molecule has 2 amide bonds. The first kappa shape index (κ1) is 22.6. The smallest absolute Gasteiger partial charge is 0.285 e. The second kappa shape index (κ2) is 10.3. The van der Waals surface area contributed by atoms with Gasteiger partial charge in [-0.2, -0.15) is 5.01 Å². The van der Waals surface area contributed by atoms with E-state index in [1.807, 2.05) is 42.5 Å². The van der Waals surface area contributed by atoms with Gasteiger partial charge in [-0.15, -0.1) is 0 Å². The Morgan fingerprint density at radius 1 is 1.03 bits per heavy atom. The van der Waals surface area contributed by atoms with E-state index in [2.05, 4.69) is 5.43 Å². The van der Waals surface area contributed by atoms with Crippen LogP contribution in [-0.4, -0.2) is 28.3 Å². The van der Waals surface area contributed by atoms with Gasteiger partial charge in [0.05, 0.1) is 12.0 Å². The molecule has 0 aromatic heterocycles. The van der Waals surface area contributed by atoms with Crippen molar-refractivity contribution in [2.75, 3.05) is 7.11 Å². The lowest BCUT2D eigenvalue weighted by molar-refractivity contribution is -0.123. The van der Waals surface area contributed by atoms with Gasteiger partial charge in [0.1, 0.15) is 6.61 Å². The van der Waals surface area contributed by atoms with Crippen LogP contribution in [0.25, 0.3) is 6.08 Å². The first-order chi connectivity index (χ1) is 16.0. The topological polar surface area (TPSA) is 67.9 Å². The number of rotatable bonds is 7. The van der Waals surface area contributed by atoms with Crippen LogP contribution in [0.4, 0.5) is 0 Å². The maximum absolute atomic E-state index is 12.9. The number of nitrogens with one attached hydrogen (secondary N) is 1. The standard InChI is InChI=1S/C25H20N2O4S2/c1-30-20-13-12-18(14-21(20)31-16-17-8-4-2-5-9-17)15-22-24(29)27(25(32)33-22)26-23(28)19-10-6-3-7-11-19/h2-15H,16H2,1H3,(H,26,28)/b22-15-. The summed E-state index contributed by atoms with van der Waals surface area (Å²) >= 11 is 6.43. The fourth-order valence-corrected chi connectivity index (χ4v) is 4.28. The Morgan fingerprint density at radius 3 is 2.42 bits per heavy atom. The summed E-state index contributed by atoms with van der Waals surface area (Å²) < 4.78 is 11.6. The zero-order chi connectivity index (χ0) is 23.2. The van der Waals surface area contributed by atoms with Crippen molar-refractivity contribution in [3.63, 3.8) is 0 Å². The monoisotopic (exact) mass is 476 g/mol. The van der Waals surface area contributed by atoms with Crippen LogP contribution in [0.1, 0.15) is 21.5 Å². The van der Waals surface area contributed by atoms with Gasteiger partial charge in [0, 0.05) is 5.56 Å². The molecular weight excluding hydrogens is 456 g/mol. The zero-order valence-electron chi connectivity index (χ0n) is 17.7. The van der Waals surface area contributed by atoms with Crippen LogP contribution in [-0.2, 0) is 11.4 Å². The van der Waals surface area contributed by atoms with Crippen molar-refractivity contribution in [1.29, 1.82) is 0 Å². The molecule has 0 spiro atoms. The van der Waals surface area contributed by atoms with Crippen molar-refractivity contribution in [3.05, 3.63) is 100 Å². The summed E-state index contributed by atoms with van der Waals surface area (Å²) in [5.74, 6) is 0.347. The molecule has 166 valence electrons. The van der Waals surface area contributed by atoms with Crippen LogP contribution in [0.15, 0.2) is 83.8 Å². The third kappa shape index (κ3) is 5.42. The Morgan fingerprint density at radius 2 is 1.73 bits per heavy atom. The quantitative estimate of drug-likeness (QED) is 0.390. The first-order valence-corrected chi connectivity index (χ1v) is 11.3. The molecule has 1 N–H and O–H groups in total. The normalized spacial score (nSPS) is 14.5. The van der Waals surface area contributed by atoms with Crippen LogP contribution < -0.4 is 14.9 Å². The van der Waals surface area contributed by atoms with Gasteiger partial charge in [-0.25, -0.2) is 0 Å². The number of methoxy groups -OCH3 is 1.